The molecule has 1 saturated heterocycles. The van der Waals surface area contributed by atoms with Crippen molar-refractivity contribution in [1.82, 2.24) is 5.32 Å². The lowest BCUT2D eigenvalue weighted by Gasteiger charge is -2.31. The Morgan fingerprint density at radius 3 is 2.39 bits per heavy atom. The number of hydrogen-bond donors (Lipinski definition) is 2. The molecular weight excluding hydrogens is 294 g/mol. The predicted molar refractivity (Wildman–Crippen MR) is 84.8 cm³/mol. The second-order valence-electron chi connectivity index (χ2n) is 6.53. The summed E-state index contributed by atoms with van der Waals surface area (Å²) < 4.78 is 5.36. The maximum atomic E-state index is 12.5. The molecule has 0 bridgehead atoms. The van der Waals surface area contributed by atoms with E-state index in [0.29, 0.717) is 18.8 Å². The Bertz CT molecular complexity index is 555. The lowest BCUT2D eigenvalue weighted by Crippen LogP contribution is -2.39. The van der Waals surface area contributed by atoms with Crippen molar-refractivity contribution in [2.24, 2.45) is 5.92 Å². The Morgan fingerprint density at radius 1 is 1.13 bits per heavy atom. The lowest BCUT2D eigenvalue weighted by molar-refractivity contribution is -0.152. The van der Waals surface area contributed by atoms with Gasteiger partial charge in [0.25, 0.3) is 0 Å². The molecule has 2 N–H and O–H groups in total. The van der Waals surface area contributed by atoms with Crippen molar-refractivity contribution in [2.45, 2.75) is 56.8 Å². The van der Waals surface area contributed by atoms with Crippen LogP contribution in [0.1, 0.15) is 50.1 Å². The van der Waals surface area contributed by atoms with Crippen molar-refractivity contribution in [1.29, 1.82) is 0 Å². The van der Waals surface area contributed by atoms with Crippen LogP contribution in [0.25, 0.3) is 0 Å². The van der Waals surface area contributed by atoms with E-state index >= 15 is 0 Å². The van der Waals surface area contributed by atoms with Crippen molar-refractivity contribution in [3.63, 3.8) is 0 Å². The fourth-order valence-electron chi connectivity index (χ4n) is 3.30. The molecule has 1 aromatic carbocycles. The first-order valence-corrected chi connectivity index (χ1v) is 8.37. The number of nitrogens with one attached hydrogen (secondary N) is 1. The van der Waals surface area contributed by atoms with Crippen LogP contribution < -0.4 is 5.32 Å². The average Bonchev–Trinajstić information content (AvgIpc) is 3.00. The van der Waals surface area contributed by atoms with Crippen LogP contribution in [0.3, 0.4) is 0 Å². The van der Waals surface area contributed by atoms with Crippen LogP contribution in [0.4, 0.5) is 0 Å². The highest BCUT2D eigenvalue weighted by Gasteiger charge is 2.36. The average molecular weight is 317 g/mol. The first kappa shape index (κ1) is 16.0. The number of rotatable bonds is 6. The highest BCUT2D eigenvalue weighted by atomic mass is 16.5. The van der Waals surface area contributed by atoms with Crippen LogP contribution in [0, 0.1) is 5.92 Å². The van der Waals surface area contributed by atoms with Gasteiger partial charge in [-0.1, -0.05) is 49.6 Å². The minimum Gasteiger partial charge on any atom is -0.479 e. The zero-order valence-corrected chi connectivity index (χ0v) is 13.1. The largest absolute Gasteiger partial charge is 0.479 e. The number of amides is 1. The third-order valence-corrected chi connectivity index (χ3v) is 4.90. The Balaban J connectivity index is 1.63. The van der Waals surface area contributed by atoms with E-state index in [1.165, 1.54) is 19.3 Å². The normalized spacial score (nSPS) is 25.6. The van der Waals surface area contributed by atoms with E-state index in [-0.39, 0.29) is 11.9 Å². The molecule has 2 aliphatic rings. The summed E-state index contributed by atoms with van der Waals surface area (Å²) in [4.78, 5) is 23.4. The van der Waals surface area contributed by atoms with Gasteiger partial charge in [0.1, 0.15) is 6.10 Å². The van der Waals surface area contributed by atoms with Crippen molar-refractivity contribution in [3.05, 3.63) is 35.9 Å². The van der Waals surface area contributed by atoms with Crippen LogP contribution in [-0.4, -0.2) is 29.2 Å². The van der Waals surface area contributed by atoms with E-state index in [9.17, 15) is 9.59 Å². The molecule has 1 saturated carbocycles. The van der Waals surface area contributed by atoms with Crippen LogP contribution in [0.5, 0.6) is 0 Å². The summed E-state index contributed by atoms with van der Waals surface area (Å²) in [5.41, 5.74) is 1.10. The minimum atomic E-state index is -0.991. The molecule has 0 spiro atoms. The highest BCUT2D eigenvalue weighted by Crippen LogP contribution is 2.35. The van der Waals surface area contributed by atoms with Crippen molar-refractivity contribution in [2.75, 3.05) is 0 Å². The monoisotopic (exact) mass is 317 g/mol. The molecule has 1 heterocycles. The SMILES string of the molecule is O=C(NC(CC1CCC1)c1ccccc1)[C@@H]1CC[C@H](C(=O)O)O1. The second kappa shape index (κ2) is 7.13. The summed E-state index contributed by atoms with van der Waals surface area (Å²) >= 11 is 0. The quantitative estimate of drug-likeness (QED) is 0.846. The zero-order valence-electron chi connectivity index (χ0n) is 13.1. The zero-order chi connectivity index (χ0) is 16.2. The maximum absolute atomic E-state index is 12.5. The first-order chi connectivity index (χ1) is 11.1. The molecule has 0 aromatic heterocycles. The molecule has 2 fully saturated rings. The Morgan fingerprint density at radius 2 is 1.83 bits per heavy atom. The van der Waals surface area contributed by atoms with E-state index in [0.717, 1.165) is 12.0 Å². The fraction of sp³-hybridized carbons (Fsp3) is 0.556. The standard InChI is InChI=1S/C18H23NO4/c20-17(15-9-10-16(23-15)18(21)22)19-14(11-12-5-4-6-12)13-7-2-1-3-8-13/h1-3,7-8,12,14-16H,4-6,9-11H2,(H,19,20)(H,21,22)/t14?,15-,16+/m0/s1. The van der Waals surface area contributed by atoms with Gasteiger partial charge in [0.05, 0.1) is 6.04 Å². The number of hydrogen-bond acceptors (Lipinski definition) is 3. The molecule has 1 aromatic rings. The number of carbonyl (C=O) groups excluding carboxylic acids is 1. The van der Waals surface area contributed by atoms with Gasteiger partial charge in [-0.3, -0.25) is 4.79 Å². The van der Waals surface area contributed by atoms with Gasteiger partial charge >= 0.3 is 5.97 Å². The lowest BCUT2D eigenvalue weighted by atomic mass is 9.79. The van der Waals surface area contributed by atoms with Gasteiger partial charge < -0.3 is 15.2 Å². The molecule has 3 rings (SSSR count). The van der Waals surface area contributed by atoms with Gasteiger partial charge in [0.2, 0.25) is 5.91 Å². The fourth-order valence-corrected chi connectivity index (χ4v) is 3.30. The topological polar surface area (TPSA) is 75.6 Å². The number of aliphatic carboxylic acids is 1. The van der Waals surface area contributed by atoms with E-state index in [2.05, 4.69) is 5.32 Å². The third kappa shape index (κ3) is 3.91. The Kier molecular flexibility index (Phi) is 4.96. The molecule has 124 valence electrons. The summed E-state index contributed by atoms with van der Waals surface area (Å²) in [6, 6.07) is 9.94. The van der Waals surface area contributed by atoms with Gasteiger partial charge in [-0.25, -0.2) is 4.79 Å². The third-order valence-electron chi connectivity index (χ3n) is 4.90. The number of benzene rings is 1. The molecule has 3 atom stereocenters. The van der Waals surface area contributed by atoms with Crippen LogP contribution in [-0.2, 0) is 14.3 Å². The van der Waals surface area contributed by atoms with E-state index < -0.39 is 18.2 Å². The van der Waals surface area contributed by atoms with Gasteiger partial charge in [0, 0.05) is 0 Å². The molecular formula is C18H23NO4. The van der Waals surface area contributed by atoms with Crippen molar-refractivity contribution in [3.8, 4) is 0 Å². The van der Waals surface area contributed by atoms with E-state index in [4.69, 9.17) is 9.84 Å². The molecule has 5 heteroatoms. The summed E-state index contributed by atoms with van der Waals surface area (Å²) in [7, 11) is 0. The van der Waals surface area contributed by atoms with Gasteiger partial charge in [-0.2, -0.15) is 0 Å². The molecule has 23 heavy (non-hydrogen) atoms. The van der Waals surface area contributed by atoms with E-state index in [1.54, 1.807) is 0 Å². The van der Waals surface area contributed by atoms with Gasteiger partial charge in [0.15, 0.2) is 6.10 Å². The molecule has 1 aliphatic carbocycles. The smallest absolute Gasteiger partial charge is 0.332 e. The second-order valence-corrected chi connectivity index (χ2v) is 6.53. The number of ether oxygens (including phenoxy) is 1. The molecule has 1 aliphatic heterocycles. The van der Waals surface area contributed by atoms with Crippen LogP contribution in [0.2, 0.25) is 0 Å². The Labute approximate surface area is 136 Å². The Hall–Kier alpha value is -1.88. The summed E-state index contributed by atoms with van der Waals surface area (Å²) in [5.74, 6) is -0.520. The molecule has 1 amide bonds. The minimum absolute atomic E-state index is 0.0264. The van der Waals surface area contributed by atoms with Crippen molar-refractivity contribution < 1.29 is 19.4 Å². The maximum Gasteiger partial charge on any atom is 0.332 e. The van der Waals surface area contributed by atoms with Gasteiger partial charge in [-0.15, -0.1) is 0 Å². The van der Waals surface area contributed by atoms with Crippen LogP contribution >= 0.6 is 0 Å². The number of carboxylic acids is 1. The number of carbonyl (C=O) groups is 2. The summed E-state index contributed by atoms with van der Waals surface area (Å²) in [5, 5.41) is 12.1. The highest BCUT2D eigenvalue weighted by molar-refractivity contribution is 5.83. The van der Waals surface area contributed by atoms with Crippen molar-refractivity contribution >= 4 is 11.9 Å². The first-order valence-electron chi connectivity index (χ1n) is 8.37. The van der Waals surface area contributed by atoms with E-state index in [1.807, 2.05) is 30.3 Å². The molecule has 0 radical (unpaired) electrons. The van der Waals surface area contributed by atoms with Gasteiger partial charge in [-0.05, 0) is 30.7 Å². The van der Waals surface area contributed by atoms with Crippen LogP contribution in [0.15, 0.2) is 30.3 Å². The number of carboxylic acid groups (broad SMARTS) is 1. The summed E-state index contributed by atoms with van der Waals surface area (Å²) in [6.45, 7) is 0. The molecule has 1 unspecified atom stereocenters. The summed E-state index contributed by atoms with van der Waals surface area (Å²) in [6.07, 6.45) is 4.01. The predicted octanol–water partition coefficient (Wildman–Crippen LogP) is 2.67. The molecule has 5 nitrogen and oxygen atoms in total.